The Morgan fingerprint density at radius 2 is 1.74 bits per heavy atom. The quantitative estimate of drug-likeness (QED) is 0.413. The van der Waals surface area contributed by atoms with Gasteiger partial charge in [0.15, 0.2) is 0 Å². The van der Waals surface area contributed by atoms with E-state index in [1.807, 2.05) is 6.08 Å². The highest BCUT2D eigenvalue weighted by molar-refractivity contribution is 5.84. The third kappa shape index (κ3) is 7.63. The van der Waals surface area contributed by atoms with Crippen molar-refractivity contribution in [3.63, 3.8) is 0 Å². The third-order valence-electron chi connectivity index (χ3n) is 5.01. The third-order valence-corrected chi connectivity index (χ3v) is 5.01. The highest BCUT2D eigenvalue weighted by Gasteiger charge is 2.39. The number of aliphatic hydroxyl groups excluding tert-OH is 2. The number of aliphatic hydroxyl groups is 2. The number of unbranched alkanes of at least 4 members (excludes halogenated alkanes) is 6. The highest BCUT2D eigenvalue weighted by atomic mass is 16.3. The van der Waals surface area contributed by atoms with Gasteiger partial charge in [0.1, 0.15) is 5.78 Å². The van der Waals surface area contributed by atoms with E-state index in [1.54, 1.807) is 6.08 Å². The topological polar surface area (TPSA) is 57.5 Å². The van der Waals surface area contributed by atoms with Gasteiger partial charge in [0.25, 0.3) is 0 Å². The molecular formula is C20H36O3. The molecule has 0 aromatic carbocycles. The monoisotopic (exact) mass is 324 g/mol. The summed E-state index contributed by atoms with van der Waals surface area (Å²) in [6.07, 6.45) is 13.9. The Morgan fingerprint density at radius 1 is 1.09 bits per heavy atom. The smallest absolute Gasteiger partial charge is 0.139 e. The molecule has 1 saturated carbocycles. The molecule has 0 saturated heterocycles. The van der Waals surface area contributed by atoms with Crippen molar-refractivity contribution in [3.05, 3.63) is 12.2 Å². The van der Waals surface area contributed by atoms with Crippen LogP contribution in [-0.4, -0.2) is 28.2 Å². The van der Waals surface area contributed by atoms with E-state index in [4.69, 9.17) is 0 Å². The van der Waals surface area contributed by atoms with Crippen LogP contribution in [0, 0.1) is 11.8 Å². The van der Waals surface area contributed by atoms with Crippen LogP contribution in [0.3, 0.4) is 0 Å². The lowest BCUT2D eigenvalue weighted by molar-refractivity contribution is -0.121. The molecule has 0 bridgehead atoms. The average molecular weight is 325 g/mol. The minimum atomic E-state index is -0.567. The summed E-state index contributed by atoms with van der Waals surface area (Å²) in [6, 6.07) is 0. The summed E-state index contributed by atoms with van der Waals surface area (Å²) in [7, 11) is 0. The molecule has 0 spiro atoms. The number of carbonyl (C=O) groups is 1. The van der Waals surface area contributed by atoms with Crippen LogP contribution in [0.2, 0.25) is 0 Å². The number of hydrogen-bond donors (Lipinski definition) is 2. The number of rotatable bonds is 12. The number of ketones is 1. The first kappa shape index (κ1) is 20.4. The predicted molar refractivity (Wildman–Crippen MR) is 95.3 cm³/mol. The Kier molecular flexibility index (Phi) is 10.5. The van der Waals surface area contributed by atoms with Crippen LogP contribution in [0.4, 0.5) is 0 Å². The second-order valence-electron chi connectivity index (χ2n) is 7.07. The zero-order chi connectivity index (χ0) is 17.1. The van der Waals surface area contributed by atoms with Gasteiger partial charge in [-0.15, -0.1) is 0 Å². The van der Waals surface area contributed by atoms with Crippen LogP contribution in [0.1, 0.15) is 84.5 Å². The second kappa shape index (κ2) is 11.8. The van der Waals surface area contributed by atoms with E-state index >= 15 is 0 Å². The highest BCUT2D eigenvalue weighted by Crippen LogP contribution is 2.34. The molecular weight excluding hydrogens is 288 g/mol. The van der Waals surface area contributed by atoms with E-state index in [0.29, 0.717) is 0 Å². The largest absolute Gasteiger partial charge is 0.392 e. The zero-order valence-electron chi connectivity index (χ0n) is 15.0. The Balaban J connectivity index is 2.43. The minimum absolute atomic E-state index is 0.0503. The summed E-state index contributed by atoms with van der Waals surface area (Å²) in [5, 5.41) is 20.1. The lowest BCUT2D eigenvalue weighted by Crippen LogP contribution is -2.19. The molecule has 3 heteroatoms. The number of Topliss-reactive ketones (excluding diaryl/α,β-unsaturated/α-hetero) is 1. The molecule has 0 aliphatic heterocycles. The van der Waals surface area contributed by atoms with E-state index in [-0.39, 0.29) is 24.0 Å². The molecule has 1 rings (SSSR count). The van der Waals surface area contributed by atoms with Gasteiger partial charge in [0.2, 0.25) is 0 Å². The molecule has 1 aliphatic carbocycles. The van der Waals surface area contributed by atoms with Crippen LogP contribution in [0.5, 0.6) is 0 Å². The van der Waals surface area contributed by atoms with Crippen LogP contribution < -0.4 is 0 Å². The van der Waals surface area contributed by atoms with Crippen LogP contribution in [0.25, 0.3) is 0 Å². The summed E-state index contributed by atoms with van der Waals surface area (Å²) < 4.78 is 0. The SMILES string of the molecule is CCCCCCCC1C(=O)CC(O)C1/C=C/C(O)CCCCC. The van der Waals surface area contributed by atoms with Gasteiger partial charge in [0.05, 0.1) is 12.2 Å². The first-order valence-corrected chi connectivity index (χ1v) is 9.67. The maximum atomic E-state index is 12.1. The van der Waals surface area contributed by atoms with Crippen LogP contribution in [0.15, 0.2) is 12.2 Å². The molecule has 4 atom stereocenters. The van der Waals surface area contributed by atoms with Crippen LogP contribution in [-0.2, 0) is 4.79 Å². The van der Waals surface area contributed by atoms with Crippen molar-refractivity contribution in [2.24, 2.45) is 11.8 Å². The normalized spacial score (nSPS) is 26.3. The molecule has 134 valence electrons. The molecule has 1 aliphatic rings. The fraction of sp³-hybridized carbons (Fsp3) is 0.850. The Morgan fingerprint density at radius 3 is 2.43 bits per heavy atom. The van der Waals surface area contributed by atoms with Gasteiger partial charge in [-0.25, -0.2) is 0 Å². The Bertz CT molecular complexity index is 351. The summed E-state index contributed by atoms with van der Waals surface area (Å²) >= 11 is 0. The standard InChI is InChI=1S/C20H36O3/c1-3-5-7-8-10-12-17-18(20(23)15-19(17)22)14-13-16(21)11-9-6-4-2/h13-14,16-18,20-21,23H,3-12,15H2,1-2H3/b14-13+. The van der Waals surface area contributed by atoms with E-state index in [9.17, 15) is 15.0 Å². The van der Waals surface area contributed by atoms with Crippen molar-refractivity contribution in [1.82, 2.24) is 0 Å². The molecule has 0 aromatic heterocycles. The molecule has 23 heavy (non-hydrogen) atoms. The lowest BCUT2D eigenvalue weighted by atomic mass is 9.88. The Hall–Kier alpha value is -0.670. The van der Waals surface area contributed by atoms with Gasteiger partial charge in [-0.1, -0.05) is 77.4 Å². The molecule has 0 aromatic rings. The van der Waals surface area contributed by atoms with E-state index in [0.717, 1.165) is 38.5 Å². The summed E-state index contributed by atoms with van der Waals surface area (Å²) in [4.78, 5) is 12.1. The van der Waals surface area contributed by atoms with Gasteiger partial charge < -0.3 is 10.2 Å². The second-order valence-corrected chi connectivity index (χ2v) is 7.07. The van der Waals surface area contributed by atoms with E-state index in [1.165, 1.54) is 25.7 Å². The summed E-state index contributed by atoms with van der Waals surface area (Å²) in [5.74, 6) is 0.0448. The van der Waals surface area contributed by atoms with Crippen molar-refractivity contribution in [2.45, 2.75) is 96.7 Å². The first-order chi connectivity index (χ1) is 11.1. The molecule has 4 unspecified atom stereocenters. The van der Waals surface area contributed by atoms with Gasteiger partial charge in [-0.2, -0.15) is 0 Å². The van der Waals surface area contributed by atoms with Gasteiger partial charge in [-0.3, -0.25) is 4.79 Å². The fourth-order valence-electron chi connectivity index (χ4n) is 3.52. The van der Waals surface area contributed by atoms with Gasteiger partial charge in [0, 0.05) is 18.3 Å². The van der Waals surface area contributed by atoms with Crippen LogP contribution >= 0.6 is 0 Å². The van der Waals surface area contributed by atoms with Crippen molar-refractivity contribution < 1.29 is 15.0 Å². The van der Waals surface area contributed by atoms with Gasteiger partial charge >= 0.3 is 0 Å². The lowest BCUT2D eigenvalue weighted by Gasteiger charge is -2.18. The van der Waals surface area contributed by atoms with Crippen molar-refractivity contribution in [1.29, 1.82) is 0 Å². The minimum Gasteiger partial charge on any atom is -0.392 e. The molecule has 2 N–H and O–H groups in total. The number of carbonyl (C=O) groups excluding carboxylic acids is 1. The zero-order valence-corrected chi connectivity index (χ0v) is 15.0. The molecule has 3 nitrogen and oxygen atoms in total. The van der Waals surface area contributed by atoms with E-state index in [2.05, 4.69) is 13.8 Å². The molecule has 0 radical (unpaired) electrons. The van der Waals surface area contributed by atoms with Crippen molar-refractivity contribution in [3.8, 4) is 0 Å². The molecule has 0 heterocycles. The Labute approximate surface area is 142 Å². The number of hydrogen-bond acceptors (Lipinski definition) is 3. The van der Waals surface area contributed by atoms with Crippen molar-refractivity contribution >= 4 is 5.78 Å². The average Bonchev–Trinajstić information content (AvgIpc) is 2.79. The maximum absolute atomic E-state index is 12.1. The van der Waals surface area contributed by atoms with E-state index < -0.39 is 12.2 Å². The predicted octanol–water partition coefficient (Wildman–Crippen LogP) is 4.41. The van der Waals surface area contributed by atoms with Gasteiger partial charge in [-0.05, 0) is 12.8 Å². The first-order valence-electron chi connectivity index (χ1n) is 9.67. The fourth-order valence-corrected chi connectivity index (χ4v) is 3.52. The maximum Gasteiger partial charge on any atom is 0.139 e. The van der Waals surface area contributed by atoms with Crippen molar-refractivity contribution in [2.75, 3.05) is 0 Å². The summed E-state index contributed by atoms with van der Waals surface area (Å²) in [6.45, 7) is 4.34. The molecule has 0 amide bonds. The summed E-state index contributed by atoms with van der Waals surface area (Å²) in [5.41, 5.74) is 0. The molecule has 1 fully saturated rings.